The molecule has 0 saturated carbocycles. The lowest BCUT2D eigenvalue weighted by Gasteiger charge is -2.20. The number of nitrogens with zero attached hydrogens (tertiary/aromatic N) is 3. The molecule has 2 fully saturated rings. The van der Waals surface area contributed by atoms with E-state index in [4.69, 9.17) is 10.00 Å². The van der Waals surface area contributed by atoms with Crippen molar-refractivity contribution >= 4 is 11.8 Å². The second kappa shape index (κ2) is 6.49. The number of carbonyl (C=O) groups is 2. The molecule has 120 valence electrons. The van der Waals surface area contributed by atoms with Crippen LogP contribution in [0.1, 0.15) is 11.1 Å². The summed E-state index contributed by atoms with van der Waals surface area (Å²) in [5, 5.41) is 8.96. The van der Waals surface area contributed by atoms with Gasteiger partial charge in [0.2, 0.25) is 11.8 Å². The molecule has 0 aromatic heterocycles. The number of methoxy groups -OCH3 is 1. The Kier molecular flexibility index (Phi) is 4.42. The molecule has 2 atom stereocenters. The van der Waals surface area contributed by atoms with Gasteiger partial charge in [-0.15, -0.1) is 0 Å². The van der Waals surface area contributed by atoms with Crippen LogP contribution < -0.4 is 0 Å². The van der Waals surface area contributed by atoms with E-state index in [0.717, 1.165) is 5.56 Å². The number of rotatable bonds is 5. The van der Waals surface area contributed by atoms with Crippen LogP contribution in [0.5, 0.6) is 0 Å². The number of carbonyl (C=O) groups excluding carboxylic acids is 2. The molecular formula is C17H19N3O3. The molecule has 0 bridgehead atoms. The van der Waals surface area contributed by atoms with Gasteiger partial charge in [-0.25, -0.2) is 0 Å². The minimum absolute atomic E-state index is 0.0784. The first-order valence-electron chi connectivity index (χ1n) is 7.69. The van der Waals surface area contributed by atoms with Gasteiger partial charge in [-0.05, 0) is 17.7 Å². The van der Waals surface area contributed by atoms with Crippen molar-refractivity contribution in [2.24, 2.45) is 11.8 Å². The van der Waals surface area contributed by atoms with E-state index < -0.39 is 0 Å². The lowest BCUT2D eigenvalue weighted by molar-refractivity contribution is -0.141. The fraction of sp³-hybridized carbons (Fsp3) is 0.471. The van der Waals surface area contributed by atoms with Crippen molar-refractivity contribution in [2.45, 2.75) is 6.54 Å². The maximum absolute atomic E-state index is 12.4. The van der Waals surface area contributed by atoms with Gasteiger partial charge in [0.05, 0.1) is 36.6 Å². The van der Waals surface area contributed by atoms with Crippen molar-refractivity contribution in [1.29, 1.82) is 5.26 Å². The van der Waals surface area contributed by atoms with Gasteiger partial charge in [0.25, 0.3) is 0 Å². The van der Waals surface area contributed by atoms with Crippen LogP contribution in [0.3, 0.4) is 0 Å². The normalized spacial score (nSPS) is 24.1. The van der Waals surface area contributed by atoms with E-state index in [1.165, 1.54) is 4.90 Å². The maximum Gasteiger partial charge on any atom is 0.234 e. The summed E-state index contributed by atoms with van der Waals surface area (Å²) in [5.74, 6) is -0.632. The monoisotopic (exact) mass is 313 g/mol. The molecule has 0 aliphatic carbocycles. The lowest BCUT2D eigenvalue weighted by Crippen LogP contribution is -2.37. The number of amides is 2. The summed E-state index contributed by atoms with van der Waals surface area (Å²) in [5.41, 5.74) is 1.65. The van der Waals surface area contributed by atoms with Crippen LogP contribution in [-0.2, 0) is 20.9 Å². The molecular weight excluding hydrogens is 294 g/mol. The number of imide groups is 1. The van der Waals surface area contributed by atoms with Gasteiger partial charge >= 0.3 is 0 Å². The Labute approximate surface area is 135 Å². The van der Waals surface area contributed by atoms with Gasteiger partial charge in [-0.2, -0.15) is 5.26 Å². The highest BCUT2D eigenvalue weighted by atomic mass is 16.5. The smallest absolute Gasteiger partial charge is 0.234 e. The van der Waals surface area contributed by atoms with Crippen LogP contribution >= 0.6 is 0 Å². The zero-order valence-electron chi connectivity index (χ0n) is 13.1. The fourth-order valence-corrected chi connectivity index (χ4v) is 3.42. The number of ether oxygens (including phenoxy) is 1. The summed E-state index contributed by atoms with van der Waals surface area (Å²) in [6, 6.07) is 9.56. The summed E-state index contributed by atoms with van der Waals surface area (Å²) < 4.78 is 4.96. The topological polar surface area (TPSA) is 73.6 Å². The molecule has 3 rings (SSSR count). The standard InChI is InChI=1S/C17H19N3O3/c1-23-6-5-20-16(21)14-10-19(11-15(14)17(20)22)9-13-4-2-3-12(7-13)8-18/h2-4,7,14-15H,5-6,9-11H2,1H3/t14-,15+. The summed E-state index contributed by atoms with van der Waals surface area (Å²) in [6.07, 6.45) is 0. The number of hydrogen-bond donors (Lipinski definition) is 0. The highest BCUT2D eigenvalue weighted by Crippen LogP contribution is 2.33. The SMILES string of the molecule is COCCN1C(=O)[C@H]2CN(Cc3cccc(C#N)c3)C[C@H]2C1=O. The molecule has 1 aromatic rings. The lowest BCUT2D eigenvalue weighted by atomic mass is 10.00. The van der Waals surface area contributed by atoms with Crippen LogP contribution in [0.25, 0.3) is 0 Å². The molecule has 0 spiro atoms. The Morgan fingerprint density at radius 3 is 2.57 bits per heavy atom. The van der Waals surface area contributed by atoms with Gasteiger partial charge < -0.3 is 4.74 Å². The van der Waals surface area contributed by atoms with Crippen molar-refractivity contribution in [3.8, 4) is 6.07 Å². The van der Waals surface area contributed by atoms with Gasteiger partial charge in [0, 0.05) is 26.7 Å². The van der Waals surface area contributed by atoms with E-state index in [2.05, 4.69) is 11.0 Å². The number of likely N-dealkylation sites (tertiary alicyclic amines) is 2. The molecule has 6 nitrogen and oxygen atoms in total. The van der Waals surface area contributed by atoms with E-state index in [0.29, 0.717) is 38.3 Å². The Hall–Kier alpha value is -2.23. The quantitative estimate of drug-likeness (QED) is 0.745. The third kappa shape index (κ3) is 2.98. The Balaban J connectivity index is 1.65. The van der Waals surface area contributed by atoms with Crippen molar-refractivity contribution in [1.82, 2.24) is 9.80 Å². The molecule has 23 heavy (non-hydrogen) atoms. The summed E-state index contributed by atoms with van der Waals surface area (Å²) in [7, 11) is 1.56. The molecule has 0 N–H and O–H groups in total. The van der Waals surface area contributed by atoms with Crippen molar-refractivity contribution in [3.05, 3.63) is 35.4 Å². The minimum Gasteiger partial charge on any atom is -0.383 e. The van der Waals surface area contributed by atoms with Crippen molar-refractivity contribution in [3.63, 3.8) is 0 Å². The largest absolute Gasteiger partial charge is 0.383 e. The van der Waals surface area contributed by atoms with E-state index in [1.54, 1.807) is 13.2 Å². The first-order chi connectivity index (χ1) is 11.1. The van der Waals surface area contributed by atoms with E-state index >= 15 is 0 Å². The predicted octanol–water partition coefficient (Wildman–Crippen LogP) is 0.621. The van der Waals surface area contributed by atoms with Crippen LogP contribution in [0.2, 0.25) is 0 Å². The number of hydrogen-bond acceptors (Lipinski definition) is 5. The van der Waals surface area contributed by atoms with Crippen molar-refractivity contribution in [2.75, 3.05) is 33.4 Å². The Bertz CT molecular complexity index is 643. The predicted molar refractivity (Wildman–Crippen MR) is 82.0 cm³/mol. The Morgan fingerprint density at radius 1 is 1.26 bits per heavy atom. The first kappa shape index (κ1) is 15.7. The van der Waals surface area contributed by atoms with Gasteiger partial charge in [-0.3, -0.25) is 19.4 Å². The molecule has 6 heteroatoms. The van der Waals surface area contributed by atoms with Crippen LogP contribution in [-0.4, -0.2) is 55.0 Å². The highest BCUT2D eigenvalue weighted by molar-refractivity contribution is 6.05. The summed E-state index contributed by atoms with van der Waals surface area (Å²) in [4.78, 5) is 28.2. The third-order valence-corrected chi connectivity index (χ3v) is 4.54. The third-order valence-electron chi connectivity index (χ3n) is 4.54. The Morgan fingerprint density at radius 2 is 1.96 bits per heavy atom. The highest BCUT2D eigenvalue weighted by Gasteiger charge is 2.51. The van der Waals surface area contributed by atoms with Crippen molar-refractivity contribution < 1.29 is 14.3 Å². The number of fused-ring (bicyclic) bond motifs is 1. The van der Waals surface area contributed by atoms with E-state index in [1.807, 2.05) is 18.2 Å². The zero-order valence-corrected chi connectivity index (χ0v) is 13.1. The van der Waals surface area contributed by atoms with Gasteiger partial charge in [0.1, 0.15) is 0 Å². The molecule has 0 unspecified atom stereocenters. The molecule has 2 aliphatic heterocycles. The fourth-order valence-electron chi connectivity index (χ4n) is 3.42. The van der Waals surface area contributed by atoms with Gasteiger partial charge in [0.15, 0.2) is 0 Å². The molecule has 2 amide bonds. The first-order valence-corrected chi connectivity index (χ1v) is 7.69. The maximum atomic E-state index is 12.4. The minimum atomic E-state index is -0.237. The molecule has 2 heterocycles. The molecule has 0 radical (unpaired) electrons. The average Bonchev–Trinajstić information content (AvgIpc) is 3.06. The van der Waals surface area contributed by atoms with E-state index in [-0.39, 0.29) is 23.7 Å². The molecule has 2 saturated heterocycles. The molecule has 1 aromatic carbocycles. The zero-order chi connectivity index (χ0) is 16.4. The van der Waals surface area contributed by atoms with E-state index in [9.17, 15) is 9.59 Å². The second-order valence-electron chi connectivity index (χ2n) is 6.04. The summed E-state index contributed by atoms with van der Waals surface area (Å²) in [6.45, 7) is 2.55. The number of benzene rings is 1. The van der Waals surface area contributed by atoms with Gasteiger partial charge in [-0.1, -0.05) is 12.1 Å². The average molecular weight is 313 g/mol. The summed E-state index contributed by atoms with van der Waals surface area (Å²) >= 11 is 0. The van der Waals surface area contributed by atoms with Crippen LogP contribution in [0.4, 0.5) is 0 Å². The van der Waals surface area contributed by atoms with Crippen LogP contribution in [0.15, 0.2) is 24.3 Å². The second-order valence-corrected chi connectivity index (χ2v) is 6.04. The number of nitriles is 1. The molecule has 2 aliphatic rings. The van der Waals surface area contributed by atoms with Crippen LogP contribution in [0, 0.1) is 23.2 Å².